The molecule has 6 nitrogen and oxygen atoms in total. The third-order valence-electron chi connectivity index (χ3n) is 4.56. The number of anilines is 1. The Morgan fingerprint density at radius 2 is 1.74 bits per heavy atom. The van der Waals surface area contributed by atoms with Gasteiger partial charge in [0, 0.05) is 34.6 Å². The zero-order chi connectivity index (χ0) is 22.2. The summed E-state index contributed by atoms with van der Waals surface area (Å²) in [6.45, 7) is 0. The topological polar surface area (TPSA) is 91.9 Å². The Kier molecular flexibility index (Phi) is 5.02. The molecule has 2 N–H and O–H groups in total. The second-order valence-corrected chi connectivity index (χ2v) is 8.32. The van der Waals surface area contributed by atoms with E-state index in [-0.39, 0.29) is 21.9 Å². The number of nitrogens with zero attached hydrogens (tertiary/aromatic N) is 1. The SMILES string of the molecule is O=C(c1cccc(NS(=O)(=O)c2ccc(C(F)(F)F)cc2)c1)c1c[nH]c2ncccc12. The number of ketones is 1. The Morgan fingerprint density at radius 1 is 1.00 bits per heavy atom. The van der Waals surface area contributed by atoms with Gasteiger partial charge in [0.05, 0.1) is 10.5 Å². The van der Waals surface area contributed by atoms with Gasteiger partial charge in [-0.3, -0.25) is 9.52 Å². The number of hydrogen-bond donors (Lipinski definition) is 2. The number of aromatic amines is 1. The number of pyridine rings is 1. The van der Waals surface area contributed by atoms with Crippen molar-refractivity contribution in [3.05, 3.63) is 89.7 Å². The lowest BCUT2D eigenvalue weighted by Crippen LogP contribution is -2.14. The van der Waals surface area contributed by atoms with Gasteiger partial charge in [-0.2, -0.15) is 13.2 Å². The molecule has 4 aromatic rings. The molecule has 0 amide bonds. The van der Waals surface area contributed by atoms with E-state index < -0.39 is 21.8 Å². The molecule has 31 heavy (non-hydrogen) atoms. The summed E-state index contributed by atoms with van der Waals surface area (Å²) in [5, 5.41) is 0.628. The van der Waals surface area contributed by atoms with Crippen LogP contribution in [-0.4, -0.2) is 24.2 Å². The molecular formula is C21H14F3N3O3S. The van der Waals surface area contributed by atoms with E-state index in [0.717, 1.165) is 12.1 Å². The van der Waals surface area contributed by atoms with Gasteiger partial charge in [0.1, 0.15) is 5.65 Å². The van der Waals surface area contributed by atoms with Crippen LogP contribution in [0.3, 0.4) is 0 Å². The molecule has 0 atom stereocenters. The Balaban J connectivity index is 1.60. The van der Waals surface area contributed by atoms with Crippen molar-refractivity contribution in [2.24, 2.45) is 0 Å². The maximum atomic E-state index is 12.9. The van der Waals surface area contributed by atoms with E-state index in [9.17, 15) is 26.4 Å². The lowest BCUT2D eigenvalue weighted by atomic mass is 10.0. The third-order valence-corrected chi connectivity index (χ3v) is 5.96. The first-order valence-corrected chi connectivity index (χ1v) is 10.4. The molecule has 0 unspecified atom stereocenters. The van der Waals surface area contributed by atoms with Crippen molar-refractivity contribution < 1.29 is 26.4 Å². The fourth-order valence-corrected chi connectivity index (χ4v) is 4.11. The van der Waals surface area contributed by atoms with Crippen LogP contribution in [0, 0.1) is 0 Å². The minimum atomic E-state index is -4.57. The summed E-state index contributed by atoms with van der Waals surface area (Å²) < 4.78 is 65.5. The molecule has 4 rings (SSSR count). The van der Waals surface area contributed by atoms with E-state index in [2.05, 4.69) is 14.7 Å². The molecule has 10 heteroatoms. The van der Waals surface area contributed by atoms with E-state index in [1.807, 2.05) is 0 Å². The van der Waals surface area contributed by atoms with E-state index in [0.29, 0.717) is 28.7 Å². The highest BCUT2D eigenvalue weighted by molar-refractivity contribution is 7.92. The molecule has 0 spiro atoms. The molecular weight excluding hydrogens is 431 g/mol. The largest absolute Gasteiger partial charge is 0.416 e. The summed E-state index contributed by atoms with van der Waals surface area (Å²) in [5.74, 6) is -0.338. The van der Waals surface area contributed by atoms with Gasteiger partial charge in [0.15, 0.2) is 5.78 Å². The zero-order valence-electron chi connectivity index (χ0n) is 15.6. The molecule has 0 aliphatic carbocycles. The van der Waals surface area contributed by atoms with Crippen molar-refractivity contribution in [3.63, 3.8) is 0 Å². The number of carbonyl (C=O) groups is 1. The molecule has 2 heterocycles. The molecule has 0 saturated carbocycles. The van der Waals surface area contributed by atoms with Crippen LogP contribution in [0.4, 0.5) is 18.9 Å². The van der Waals surface area contributed by atoms with Gasteiger partial charge in [-0.15, -0.1) is 0 Å². The van der Waals surface area contributed by atoms with Gasteiger partial charge in [0.2, 0.25) is 0 Å². The fourth-order valence-electron chi connectivity index (χ4n) is 3.06. The maximum absolute atomic E-state index is 12.9. The predicted molar refractivity (Wildman–Crippen MR) is 108 cm³/mol. The Labute approximate surface area is 174 Å². The second kappa shape index (κ2) is 7.55. The van der Waals surface area contributed by atoms with Crippen LogP contribution in [0.2, 0.25) is 0 Å². The molecule has 2 aromatic heterocycles. The third kappa shape index (κ3) is 4.15. The number of carbonyl (C=O) groups excluding carboxylic acids is 1. The van der Waals surface area contributed by atoms with Crippen LogP contribution in [0.25, 0.3) is 11.0 Å². The standard InChI is InChI=1S/C21H14F3N3O3S/c22-21(23,24)14-6-8-16(9-7-14)31(29,30)27-15-4-1-3-13(11-15)19(28)18-12-26-20-17(18)5-2-10-25-20/h1-12,27H,(H,25,26). The molecule has 0 radical (unpaired) electrons. The zero-order valence-corrected chi connectivity index (χ0v) is 16.5. The highest BCUT2D eigenvalue weighted by Crippen LogP contribution is 2.30. The molecule has 0 aliphatic rings. The van der Waals surface area contributed by atoms with E-state index in [1.165, 1.54) is 30.5 Å². The quantitative estimate of drug-likeness (QED) is 0.439. The number of hydrogen-bond acceptors (Lipinski definition) is 4. The maximum Gasteiger partial charge on any atom is 0.416 e. The molecule has 0 aliphatic heterocycles. The first-order chi connectivity index (χ1) is 14.6. The van der Waals surface area contributed by atoms with Gasteiger partial charge in [-0.25, -0.2) is 13.4 Å². The van der Waals surface area contributed by atoms with Gasteiger partial charge in [0.25, 0.3) is 10.0 Å². The smallest absolute Gasteiger partial charge is 0.345 e. The van der Waals surface area contributed by atoms with Crippen molar-refractivity contribution in [2.75, 3.05) is 4.72 Å². The molecule has 0 saturated heterocycles. The van der Waals surface area contributed by atoms with E-state index in [1.54, 1.807) is 18.3 Å². The number of benzene rings is 2. The van der Waals surface area contributed by atoms with Crippen molar-refractivity contribution in [3.8, 4) is 0 Å². The molecule has 158 valence electrons. The first-order valence-electron chi connectivity index (χ1n) is 8.92. The summed E-state index contributed by atoms with van der Waals surface area (Å²) in [7, 11) is -4.15. The van der Waals surface area contributed by atoms with Crippen LogP contribution in [0.1, 0.15) is 21.5 Å². The monoisotopic (exact) mass is 445 g/mol. The normalized spacial score (nSPS) is 12.1. The number of nitrogens with one attached hydrogen (secondary N) is 2. The Bertz CT molecular complexity index is 1380. The van der Waals surface area contributed by atoms with Crippen LogP contribution in [0.15, 0.2) is 78.0 Å². The van der Waals surface area contributed by atoms with Gasteiger partial charge < -0.3 is 4.98 Å². The summed E-state index contributed by atoms with van der Waals surface area (Å²) in [4.78, 5) is 19.6. The van der Waals surface area contributed by atoms with Crippen molar-refractivity contribution >= 4 is 32.5 Å². The van der Waals surface area contributed by atoms with E-state index >= 15 is 0 Å². The Hall–Kier alpha value is -3.66. The lowest BCUT2D eigenvalue weighted by molar-refractivity contribution is -0.137. The first kappa shape index (κ1) is 20.6. The van der Waals surface area contributed by atoms with Crippen LogP contribution < -0.4 is 4.72 Å². The van der Waals surface area contributed by atoms with E-state index in [4.69, 9.17) is 0 Å². The number of rotatable bonds is 5. The minimum absolute atomic E-state index is 0.101. The molecule has 0 fully saturated rings. The average molecular weight is 445 g/mol. The summed E-state index contributed by atoms with van der Waals surface area (Å²) in [5.41, 5.74) is 0.309. The van der Waals surface area contributed by atoms with Crippen LogP contribution >= 0.6 is 0 Å². The number of fused-ring (bicyclic) bond motifs is 1. The van der Waals surface area contributed by atoms with Gasteiger partial charge in [-0.05, 0) is 48.5 Å². The van der Waals surface area contributed by atoms with Crippen molar-refractivity contribution in [2.45, 2.75) is 11.1 Å². The lowest BCUT2D eigenvalue weighted by Gasteiger charge is -2.11. The van der Waals surface area contributed by atoms with Gasteiger partial charge >= 0.3 is 6.18 Å². The number of aromatic nitrogens is 2. The van der Waals surface area contributed by atoms with Gasteiger partial charge in [-0.1, -0.05) is 12.1 Å². The highest BCUT2D eigenvalue weighted by atomic mass is 32.2. The average Bonchev–Trinajstić information content (AvgIpc) is 3.17. The number of sulfonamides is 1. The summed E-state index contributed by atoms with van der Waals surface area (Å²) >= 11 is 0. The van der Waals surface area contributed by atoms with Crippen molar-refractivity contribution in [1.29, 1.82) is 0 Å². The number of alkyl halides is 3. The van der Waals surface area contributed by atoms with Crippen LogP contribution in [0.5, 0.6) is 0 Å². The van der Waals surface area contributed by atoms with Crippen LogP contribution in [-0.2, 0) is 16.2 Å². The number of H-pyrrole nitrogens is 1. The molecule has 2 aromatic carbocycles. The summed E-state index contributed by atoms with van der Waals surface area (Å²) in [6, 6.07) is 12.4. The van der Waals surface area contributed by atoms with Crippen molar-refractivity contribution in [1.82, 2.24) is 9.97 Å². The second-order valence-electron chi connectivity index (χ2n) is 6.64. The minimum Gasteiger partial charge on any atom is -0.345 e. The summed E-state index contributed by atoms with van der Waals surface area (Å²) in [6.07, 6.45) is -1.45. The predicted octanol–water partition coefficient (Wildman–Crippen LogP) is 4.61. The Morgan fingerprint density at radius 3 is 2.45 bits per heavy atom. The fraction of sp³-hybridized carbons (Fsp3) is 0.0476. The number of halogens is 3. The highest BCUT2D eigenvalue weighted by Gasteiger charge is 2.30. The molecule has 0 bridgehead atoms.